The Morgan fingerprint density at radius 2 is 0.880 bits per heavy atom. The van der Waals surface area contributed by atoms with Gasteiger partial charge in [-0.3, -0.25) is 9.59 Å². The first-order chi connectivity index (χ1) is 24.6. The van der Waals surface area contributed by atoms with Gasteiger partial charge in [-0.1, -0.05) is 191 Å². The van der Waals surface area contributed by atoms with E-state index in [1.807, 2.05) is 12.2 Å². The molecular formula is C45H78O5. The third kappa shape index (κ3) is 38.4. The van der Waals surface area contributed by atoms with E-state index in [2.05, 4.69) is 69.4 Å². The van der Waals surface area contributed by atoms with Gasteiger partial charge >= 0.3 is 11.9 Å². The van der Waals surface area contributed by atoms with Crippen molar-refractivity contribution >= 4 is 11.9 Å². The van der Waals surface area contributed by atoms with Gasteiger partial charge in [0.25, 0.3) is 0 Å². The van der Waals surface area contributed by atoms with Crippen LogP contribution in [-0.2, 0) is 23.8 Å². The highest BCUT2D eigenvalue weighted by molar-refractivity contribution is 5.71. The van der Waals surface area contributed by atoms with Crippen molar-refractivity contribution in [3.05, 3.63) is 60.8 Å². The van der Waals surface area contributed by atoms with Gasteiger partial charge in [0.15, 0.2) is 6.10 Å². The molecule has 0 fully saturated rings. The normalized spacial score (nSPS) is 12.8. The molecule has 1 unspecified atom stereocenters. The predicted octanol–water partition coefficient (Wildman–Crippen LogP) is 13.4. The van der Waals surface area contributed by atoms with Crippen molar-refractivity contribution in [1.82, 2.24) is 0 Å². The molecular weight excluding hydrogens is 620 g/mol. The minimum atomic E-state index is -0.568. The summed E-state index contributed by atoms with van der Waals surface area (Å²) >= 11 is 0. The summed E-state index contributed by atoms with van der Waals surface area (Å²) in [4.78, 5) is 25.0. The minimum absolute atomic E-state index is 0.0328. The lowest BCUT2D eigenvalue weighted by molar-refractivity contribution is -0.162. The first-order valence-corrected chi connectivity index (χ1v) is 20.8. The van der Waals surface area contributed by atoms with Crippen molar-refractivity contribution in [1.29, 1.82) is 0 Å². The summed E-state index contributed by atoms with van der Waals surface area (Å²) in [5, 5.41) is 0. The average molecular weight is 699 g/mol. The number of carbonyl (C=O) groups excluding carboxylic acids is 2. The number of allylic oxidation sites excluding steroid dienone is 9. The zero-order valence-electron chi connectivity index (χ0n) is 32.9. The number of rotatable bonds is 37. The van der Waals surface area contributed by atoms with Crippen LogP contribution in [0.2, 0.25) is 0 Å². The van der Waals surface area contributed by atoms with E-state index < -0.39 is 6.10 Å². The van der Waals surface area contributed by atoms with Crippen LogP contribution in [0.15, 0.2) is 60.8 Å². The summed E-state index contributed by atoms with van der Waals surface area (Å²) < 4.78 is 17.1. The molecule has 0 aliphatic heterocycles. The fourth-order valence-corrected chi connectivity index (χ4v) is 5.52. The summed E-state index contributed by atoms with van der Waals surface area (Å²) in [6, 6.07) is 0. The second kappa shape index (κ2) is 41.0. The first-order valence-electron chi connectivity index (χ1n) is 20.8. The van der Waals surface area contributed by atoms with Crippen molar-refractivity contribution in [3.63, 3.8) is 0 Å². The van der Waals surface area contributed by atoms with Crippen LogP contribution < -0.4 is 0 Å². The summed E-state index contributed by atoms with van der Waals surface area (Å²) in [5.74, 6) is -0.546. The molecule has 0 aliphatic carbocycles. The average Bonchev–Trinajstić information content (AvgIpc) is 3.11. The largest absolute Gasteiger partial charge is 0.461 e. The van der Waals surface area contributed by atoms with Crippen molar-refractivity contribution in [3.8, 4) is 0 Å². The van der Waals surface area contributed by atoms with E-state index in [0.717, 1.165) is 64.2 Å². The van der Waals surface area contributed by atoms with Gasteiger partial charge in [0.1, 0.15) is 6.61 Å². The first kappa shape index (κ1) is 47.6. The van der Waals surface area contributed by atoms with Gasteiger partial charge in [0.2, 0.25) is 0 Å². The third-order valence-corrected chi connectivity index (χ3v) is 8.60. The number of esters is 2. The van der Waals surface area contributed by atoms with Gasteiger partial charge in [-0.2, -0.15) is 0 Å². The summed E-state index contributed by atoms with van der Waals surface area (Å²) in [6.07, 6.45) is 49.5. The number of carbonyl (C=O) groups is 2. The summed E-state index contributed by atoms with van der Waals surface area (Å²) in [6.45, 7) is 7.58. The molecule has 0 radical (unpaired) electrons. The Morgan fingerprint density at radius 3 is 1.36 bits per heavy atom. The van der Waals surface area contributed by atoms with Crippen LogP contribution in [0.3, 0.4) is 0 Å². The number of hydrogen-bond donors (Lipinski definition) is 0. The highest BCUT2D eigenvalue weighted by Crippen LogP contribution is 2.13. The Balaban J connectivity index is 4.36. The molecule has 0 rings (SSSR count). The molecule has 0 aromatic carbocycles. The Bertz CT molecular complexity index is 884. The maximum atomic E-state index is 12.6. The van der Waals surface area contributed by atoms with Crippen LogP contribution in [0.4, 0.5) is 0 Å². The number of unbranched alkanes of at least 4 members (excludes halogenated alkanes) is 17. The smallest absolute Gasteiger partial charge is 0.309 e. The zero-order chi connectivity index (χ0) is 36.4. The zero-order valence-corrected chi connectivity index (χ0v) is 32.9. The van der Waals surface area contributed by atoms with Crippen molar-refractivity contribution in [2.75, 3.05) is 19.8 Å². The third-order valence-electron chi connectivity index (χ3n) is 8.60. The lowest BCUT2D eigenvalue weighted by Crippen LogP contribution is -2.30. The standard InChI is InChI=1S/C45H78O5/c1-4-7-10-13-16-19-21-22-23-24-25-27-29-32-35-38-44(46)49-42-43(41-48-40-37-34-31-28-20-17-14-11-8-5-2)50-45(47)39-36-33-30-26-18-15-12-9-6-3/h7,10,16,19,22-23,25,27,32,35,43H,4-6,8-9,11-15,17-18,20-21,24,26,28-31,33-34,36-42H2,1-3H3/b10-7-,19-16-,23-22-,27-25-,35-32-. The van der Waals surface area contributed by atoms with Gasteiger partial charge in [0, 0.05) is 13.0 Å². The molecule has 0 saturated heterocycles. The van der Waals surface area contributed by atoms with E-state index in [4.69, 9.17) is 14.2 Å². The maximum Gasteiger partial charge on any atom is 0.309 e. The van der Waals surface area contributed by atoms with Gasteiger partial charge in [-0.05, 0) is 44.9 Å². The van der Waals surface area contributed by atoms with E-state index in [1.54, 1.807) is 0 Å². The number of hydrogen-bond acceptors (Lipinski definition) is 5. The minimum Gasteiger partial charge on any atom is -0.461 e. The Morgan fingerprint density at radius 1 is 0.460 bits per heavy atom. The molecule has 0 N–H and O–H groups in total. The van der Waals surface area contributed by atoms with Crippen LogP contribution >= 0.6 is 0 Å². The van der Waals surface area contributed by atoms with Crippen LogP contribution in [0, 0.1) is 0 Å². The lowest BCUT2D eigenvalue weighted by atomic mass is 10.1. The van der Waals surface area contributed by atoms with Gasteiger partial charge < -0.3 is 14.2 Å². The fourth-order valence-electron chi connectivity index (χ4n) is 5.52. The van der Waals surface area contributed by atoms with E-state index >= 15 is 0 Å². The SMILES string of the molecule is CC/C=C\C/C=C\C/C=C\C/C=C\C/C=C\CC(=O)OCC(COCCCCCCCCCCCC)OC(=O)CCCCCCCCCCC. The lowest BCUT2D eigenvalue weighted by Gasteiger charge is -2.18. The van der Waals surface area contributed by atoms with Gasteiger partial charge in [0.05, 0.1) is 13.0 Å². The summed E-state index contributed by atoms with van der Waals surface area (Å²) in [7, 11) is 0. The molecule has 0 amide bonds. The molecule has 5 nitrogen and oxygen atoms in total. The van der Waals surface area contributed by atoms with E-state index in [-0.39, 0.29) is 31.6 Å². The summed E-state index contributed by atoms with van der Waals surface area (Å²) in [5.41, 5.74) is 0. The monoisotopic (exact) mass is 699 g/mol. The molecule has 0 aromatic heterocycles. The van der Waals surface area contributed by atoms with Crippen LogP contribution in [0.5, 0.6) is 0 Å². The van der Waals surface area contributed by atoms with Gasteiger partial charge in [-0.15, -0.1) is 0 Å². The fraction of sp³-hybridized carbons (Fsp3) is 0.733. The Hall–Kier alpha value is -2.40. The number of ether oxygens (including phenoxy) is 3. The highest BCUT2D eigenvalue weighted by Gasteiger charge is 2.17. The van der Waals surface area contributed by atoms with Crippen molar-refractivity contribution in [2.45, 2.75) is 194 Å². The molecule has 0 saturated carbocycles. The molecule has 1 atom stereocenters. The quantitative estimate of drug-likeness (QED) is 0.0367. The van der Waals surface area contributed by atoms with E-state index in [0.29, 0.717) is 13.0 Å². The molecule has 5 heteroatoms. The second-order valence-corrected chi connectivity index (χ2v) is 13.5. The van der Waals surface area contributed by atoms with Crippen LogP contribution in [0.1, 0.15) is 188 Å². The predicted molar refractivity (Wildman–Crippen MR) is 214 cm³/mol. The molecule has 288 valence electrons. The molecule has 0 aromatic rings. The Labute approximate surface area is 309 Å². The van der Waals surface area contributed by atoms with E-state index in [9.17, 15) is 9.59 Å². The molecule has 0 spiro atoms. The van der Waals surface area contributed by atoms with Crippen LogP contribution in [-0.4, -0.2) is 37.9 Å². The molecule has 0 aliphatic rings. The van der Waals surface area contributed by atoms with Crippen LogP contribution in [0.25, 0.3) is 0 Å². The maximum absolute atomic E-state index is 12.6. The topological polar surface area (TPSA) is 61.8 Å². The van der Waals surface area contributed by atoms with Crippen molar-refractivity contribution < 1.29 is 23.8 Å². The Kier molecular flexibility index (Phi) is 39.1. The van der Waals surface area contributed by atoms with Crippen molar-refractivity contribution in [2.24, 2.45) is 0 Å². The highest BCUT2D eigenvalue weighted by atomic mass is 16.6. The second-order valence-electron chi connectivity index (χ2n) is 13.5. The molecule has 50 heavy (non-hydrogen) atoms. The van der Waals surface area contributed by atoms with E-state index in [1.165, 1.54) is 89.9 Å². The van der Waals surface area contributed by atoms with Gasteiger partial charge in [-0.25, -0.2) is 0 Å². The molecule has 0 bridgehead atoms. The molecule has 0 heterocycles.